The van der Waals surface area contributed by atoms with E-state index in [-0.39, 0.29) is 0 Å². The molecule has 0 atom stereocenters. The number of nitrogens with zero attached hydrogens (tertiary/aromatic N) is 5. The van der Waals surface area contributed by atoms with Gasteiger partial charge in [-0.05, 0) is 29.0 Å². The van der Waals surface area contributed by atoms with Gasteiger partial charge in [-0.1, -0.05) is 24.3 Å². The lowest BCUT2D eigenvalue weighted by Gasteiger charge is -2.29. The first-order valence-corrected chi connectivity index (χ1v) is 12.8. The van der Waals surface area contributed by atoms with Crippen molar-refractivity contribution in [2.45, 2.75) is 13.0 Å². The summed E-state index contributed by atoms with van der Waals surface area (Å²) in [5.74, 6) is 2.87. The van der Waals surface area contributed by atoms with E-state index in [1.54, 1.807) is 39.0 Å². The molecule has 1 aliphatic heterocycles. The SMILES string of the molecule is COc1cc(Nc2nc(N3CCc4ccccc4C3)nc3c2ncn3-c2ccsc2)cc(OC)c1OC. The van der Waals surface area contributed by atoms with Crippen molar-refractivity contribution in [1.29, 1.82) is 0 Å². The standard InChI is InChI=1S/C27H26N6O3S/c1-34-21-12-19(13-22(35-2)24(21)36-3)29-25-23-26(33(16-28-23)20-9-11-37-15-20)31-27(30-25)32-10-8-17-6-4-5-7-18(17)14-32/h4-7,9,11-13,15-16H,8,10,14H2,1-3H3,(H,29,30,31). The van der Waals surface area contributed by atoms with Gasteiger partial charge in [0, 0.05) is 36.3 Å². The molecule has 6 rings (SSSR count). The van der Waals surface area contributed by atoms with Crippen molar-refractivity contribution in [3.8, 4) is 22.9 Å². The predicted molar refractivity (Wildman–Crippen MR) is 145 cm³/mol. The summed E-state index contributed by atoms with van der Waals surface area (Å²) < 4.78 is 18.6. The van der Waals surface area contributed by atoms with Gasteiger partial charge < -0.3 is 24.4 Å². The summed E-state index contributed by atoms with van der Waals surface area (Å²) in [6.45, 7) is 1.58. The van der Waals surface area contributed by atoms with Gasteiger partial charge in [0.1, 0.15) is 6.33 Å². The van der Waals surface area contributed by atoms with Crippen molar-refractivity contribution < 1.29 is 14.2 Å². The van der Waals surface area contributed by atoms with Gasteiger partial charge in [0.15, 0.2) is 28.5 Å². The summed E-state index contributed by atoms with van der Waals surface area (Å²) in [6.07, 6.45) is 2.73. The number of thiophene rings is 1. The number of aromatic nitrogens is 4. The van der Waals surface area contributed by atoms with Crippen LogP contribution in [0.25, 0.3) is 16.9 Å². The minimum atomic E-state index is 0.526. The lowest BCUT2D eigenvalue weighted by molar-refractivity contribution is 0.324. The molecule has 10 heteroatoms. The largest absolute Gasteiger partial charge is 0.493 e. The van der Waals surface area contributed by atoms with E-state index in [1.165, 1.54) is 11.1 Å². The Morgan fingerprint density at radius 2 is 1.73 bits per heavy atom. The molecule has 1 N–H and O–H groups in total. The van der Waals surface area contributed by atoms with Gasteiger partial charge >= 0.3 is 0 Å². The zero-order chi connectivity index (χ0) is 25.4. The van der Waals surface area contributed by atoms with Gasteiger partial charge in [-0.15, -0.1) is 0 Å². The molecular formula is C27H26N6O3S. The fourth-order valence-electron chi connectivity index (χ4n) is 4.66. The highest BCUT2D eigenvalue weighted by atomic mass is 32.1. The van der Waals surface area contributed by atoms with E-state index in [2.05, 4.69) is 50.9 Å². The molecule has 0 saturated heterocycles. The van der Waals surface area contributed by atoms with Gasteiger partial charge in [0.2, 0.25) is 11.7 Å². The van der Waals surface area contributed by atoms with Gasteiger partial charge in [-0.3, -0.25) is 4.57 Å². The van der Waals surface area contributed by atoms with E-state index >= 15 is 0 Å². The second-order valence-corrected chi connectivity index (χ2v) is 9.40. The number of fused-ring (bicyclic) bond motifs is 2. The number of benzene rings is 2. The average Bonchev–Trinajstić information content (AvgIpc) is 3.62. The molecule has 1 aliphatic rings. The van der Waals surface area contributed by atoms with Crippen molar-refractivity contribution in [2.75, 3.05) is 38.1 Å². The summed E-state index contributed by atoms with van der Waals surface area (Å²) >= 11 is 1.63. The van der Waals surface area contributed by atoms with Crippen LogP contribution < -0.4 is 24.4 Å². The van der Waals surface area contributed by atoms with Crippen LogP contribution in [0.3, 0.4) is 0 Å². The first-order valence-electron chi connectivity index (χ1n) is 11.8. The topological polar surface area (TPSA) is 86.6 Å². The molecule has 4 heterocycles. The highest BCUT2D eigenvalue weighted by molar-refractivity contribution is 7.08. The number of ether oxygens (including phenoxy) is 3. The van der Waals surface area contributed by atoms with Gasteiger partial charge in [-0.25, -0.2) is 4.98 Å². The third-order valence-electron chi connectivity index (χ3n) is 6.51. The number of anilines is 3. The minimum absolute atomic E-state index is 0.526. The summed E-state index contributed by atoms with van der Waals surface area (Å²) in [5, 5.41) is 7.56. The van der Waals surface area contributed by atoms with Gasteiger partial charge in [0.05, 0.1) is 27.0 Å². The molecule has 0 radical (unpaired) electrons. The number of imidazole rings is 1. The number of rotatable bonds is 7. The smallest absolute Gasteiger partial charge is 0.229 e. The fraction of sp³-hybridized carbons (Fsp3) is 0.222. The van der Waals surface area contributed by atoms with Crippen LogP contribution in [-0.4, -0.2) is 47.4 Å². The van der Waals surface area contributed by atoms with E-state index in [9.17, 15) is 0 Å². The normalized spacial score (nSPS) is 12.9. The highest BCUT2D eigenvalue weighted by Gasteiger charge is 2.23. The number of methoxy groups -OCH3 is 3. The first kappa shape index (κ1) is 23.1. The summed E-state index contributed by atoms with van der Waals surface area (Å²) in [6, 6.07) is 14.3. The second-order valence-electron chi connectivity index (χ2n) is 8.62. The highest BCUT2D eigenvalue weighted by Crippen LogP contribution is 2.41. The van der Waals surface area contributed by atoms with Crippen molar-refractivity contribution in [2.24, 2.45) is 0 Å². The van der Waals surface area contributed by atoms with Crippen LogP contribution in [0.2, 0.25) is 0 Å². The quantitative estimate of drug-likeness (QED) is 0.317. The van der Waals surface area contributed by atoms with E-state index in [0.29, 0.717) is 34.5 Å². The maximum Gasteiger partial charge on any atom is 0.229 e. The monoisotopic (exact) mass is 514 g/mol. The van der Waals surface area contributed by atoms with Crippen molar-refractivity contribution >= 4 is 40.0 Å². The molecule has 0 amide bonds. The summed E-state index contributed by atoms with van der Waals surface area (Å²) in [7, 11) is 4.78. The maximum atomic E-state index is 5.55. The Morgan fingerprint density at radius 1 is 0.946 bits per heavy atom. The van der Waals surface area contributed by atoms with Crippen LogP contribution in [-0.2, 0) is 13.0 Å². The molecule has 0 saturated carbocycles. The molecule has 3 aromatic heterocycles. The molecule has 0 aliphatic carbocycles. The Labute approximate surface area is 218 Å². The zero-order valence-electron chi connectivity index (χ0n) is 20.8. The Morgan fingerprint density at radius 3 is 2.43 bits per heavy atom. The Kier molecular flexibility index (Phi) is 6.01. The summed E-state index contributed by atoms with van der Waals surface area (Å²) in [5.41, 5.74) is 5.81. The van der Waals surface area contributed by atoms with E-state index < -0.39 is 0 Å². The first-order chi connectivity index (χ1) is 18.2. The van der Waals surface area contributed by atoms with Crippen LogP contribution in [0.4, 0.5) is 17.5 Å². The Hall–Kier alpha value is -4.31. The van der Waals surface area contributed by atoms with Crippen molar-refractivity contribution in [3.05, 3.63) is 70.7 Å². The second kappa shape index (κ2) is 9.62. The molecule has 0 spiro atoms. The van der Waals surface area contributed by atoms with Gasteiger partial charge in [-0.2, -0.15) is 21.3 Å². The van der Waals surface area contributed by atoms with E-state index in [4.69, 9.17) is 24.2 Å². The van der Waals surface area contributed by atoms with Crippen molar-refractivity contribution in [1.82, 2.24) is 19.5 Å². The van der Waals surface area contributed by atoms with Crippen LogP contribution in [0.5, 0.6) is 17.2 Å². The molecule has 37 heavy (non-hydrogen) atoms. The van der Waals surface area contributed by atoms with E-state index in [0.717, 1.165) is 36.5 Å². The number of hydrogen-bond acceptors (Lipinski definition) is 9. The lowest BCUT2D eigenvalue weighted by Crippen LogP contribution is -2.32. The molecule has 188 valence electrons. The Bertz CT molecular complexity index is 1540. The van der Waals surface area contributed by atoms with Crippen LogP contribution in [0.15, 0.2) is 59.6 Å². The minimum Gasteiger partial charge on any atom is -0.493 e. The van der Waals surface area contributed by atoms with Crippen LogP contribution >= 0.6 is 11.3 Å². The lowest BCUT2D eigenvalue weighted by atomic mass is 10.0. The maximum absolute atomic E-state index is 5.55. The summed E-state index contributed by atoms with van der Waals surface area (Å²) in [4.78, 5) is 16.9. The van der Waals surface area contributed by atoms with Crippen LogP contribution in [0, 0.1) is 0 Å². The third kappa shape index (κ3) is 4.19. The molecule has 0 unspecified atom stereocenters. The third-order valence-corrected chi connectivity index (χ3v) is 7.18. The Balaban J connectivity index is 1.46. The molecule has 9 nitrogen and oxygen atoms in total. The number of hydrogen-bond donors (Lipinski definition) is 1. The number of nitrogens with one attached hydrogen (secondary N) is 1. The van der Waals surface area contributed by atoms with Crippen molar-refractivity contribution in [3.63, 3.8) is 0 Å². The molecule has 5 aromatic rings. The average molecular weight is 515 g/mol. The molecule has 0 fully saturated rings. The molecule has 0 bridgehead atoms. The van der Waals surface area contributed by atoms with Crippen LogP contribution in [0.1, 0.15) is 11.1 Å². The van der Waals surface area contributed by atoms with Gasteiger partial charge in [0.25, 0.3) is 0 Å². The predicted octanol–water partition coefficient (Wildman–Crippen LogP) is 5.21. The molecular weight excluding hydrogens is 488 g/mol. The fourth-order valence-corrected chi connectivity index (χ4v) is 5.28. The zero-order valence-corrected chi connectivity index (χ0v) is 21.6. The molecule has 2 aromatic carbocycles. The van der Waals surface area contributed by atoms with E-state index in [1.807, 2.05) is 22.1 Å².